The van der Waals surface area contributed by atoms with E-state index in [1.165, 1.54) is 0 Å². The zero-order valence-electron chi connectivity index (χ0n) is 15.8. The summed E-state index contributed by atoms with van der Waals surface area (Å²) in [6.45, 7) is 5.27. The molecule has 3 heterocycles. The number of piperidine rings is 1. The molecule has 142 valence electrons. The largest absolute Gasteiger partial charge is 0.452 e. The van der Waals surface area contributed by atoms with Gasteiger partial charge in [-0.25, -0.2) is 4.79 Å². The van der Waals surface area contributed by atoms with Gasteiger partial charge in [-0.05, 0) is 52.2 Å². The Morgan fingerprint density at radius 3 is 2.48 bits per heavy atom. The van der Waals surface area contributed by atoms with E-state index in [1.54, 1.807) is 40.9 Å². The fourth-order valence-corrected chi connectivity index (χ4v) is 3.72. The minimum absolute atomic E-state index is 0.0636. The average Bonchev–Trinajstić information content (AvgIpc) is 3.26. The van der Waals surface area contributed by atoms with Crippen LogP contribution in [0.15, 0.2) is 28.9 Å². The van der Waals surface area contributed by atoms with Crippen LogP contribution in [-0.2, 0) is 9.53 Å². The molecule has 2 aromatic heterocycles. The number of amides is 1. The van der Waals surface area contributed by atoms with Crippen molar-refractivity contribution >= 4 is 11.9 Å². The molecule has 1 saturated heterocycles. The predicted molar refractivity (Wildman–Crippen MR) is 97.4 cm³/mol. The molecule has 0 radical (unpaired) electrons. The number of aromatic nitrogens is 1. The van der Waals surface area contributed by atoms with E-state index in [4.69, 9.17) is 9.15 Å². The number of carbonyl (C=O) groups excluding carboxylic acids is 2. The van der Waals surface area contributed by atoms with Gasteiger partial charge >= 0.3 is 5.97 Å². The second-order valence-electron chi connectivity index (χ2n) is 6.92. The molecule has 1 aliphatic rings. The standard InChI is InChI=1S/C20H23N3O4/c1-13-7-6-8-14(2)23(13)17(24)12-26-20(25)18-15(3)27-19(16(18)11-21)22-9-4-5-10-22/h4-5,9-10,13-14H,6-8,12H2,1-3H3/t13-,14-/m1/s1. The molecule has 0 unspecified atom stereocenters. The van der Waals surface area contributed by atoms with Gasteiger partial charge in [-0.3, -0.25) is 9.36 Å². The van der Waals surface area contributed by atoms with Crippen LogP contribution in [0.1, 0.15) is 54.8 Å². The summed E-state index contributed by atoms with van der Waals surface area (Å²) < 4.78 is 12.5. The molecule has 27 heavy (non-hydrogen) atoms. The number of nitrogens with zero attached hydrogens (tertiary/aromatic N) is 3. The summed E-state index contributed by atoms with van der Waals surface area (Å²) in [6, 6.07) is 5.85. The molecule has 0 bridgehead atoms. The monoisotopic (exact) mass is 369 g/mol. The molecule has 7 nitrogen and oxygen atoms in total. The van der Waals surface area contributed by atoms with Gasteiger partial charge in [0.05, 0.1) is 0 Å². The molecule has 0 N–H and O–H groups in total. The molecule has 1 fully saturated rings. The summed E-state index contributed by atoms with van der Waals surface area (Å²) in [7, 11) is 0. The van der Waals surface area contributed by atoms with E-state index >= 15 is 0 Å². The van der Waals surface area contributed by atoms with Crippen molar-refractivity contribution in [3.05, 3.63) is 41.4 Å². The number of nitriles is 1. The van der Waals surface area contributed by atoms with Crippen molar-refractivity contribution in [1.82, 2.24) is 9.47 Å². The maximum absolute atomic E-state index is 12.6. The molecule has 2 atom stereocenters. The van der Waals surface area contributed by atoms with Crippen molar-refractivity contribution in [3.63, 3.8) is 0 Å². The molecule has 0 saturated carbocycles. The van der Waals surface area contributed by atoms with Gasteiger partial charge in [-0.1, -0.05) is 0 Å². The number of aryl methyl sites for hydroxylation is 1. The maximum Gasteiger partial charge on any atom is 0.343 e. The third-order valence-electron chi connectivity index (χ3n) is 5.03. The van der Waals surface area contributed by atoms with Crippen LogP contribution >= 0.6 is 0 Å². The SMILES string of the molecule is Cc1oc(-n2cccc2)c(C#N)c1C(=O)OCC(=O)N1[C@H](C)CCC[C@H]1C. The first-order chi connectivity index (χ1) is 12.9. The van der Waals surface area contributed by atoms with Gasteiger partial charge in [-0.2, -0.15) is 5.26 Å². The number of esters is 1. The van der Waals surface area contributed by atoms with Crippen molar-refractivity contribution in [1.29, 1.82) is 5.26 Å². The Labute approximate surface area is 158 Å². The van der Waals surface area contributed by atoms with Crippen LogP contribution in [0, 0.1) is 18.3 Å². The second kappa shape index (κ2) is 7.70. The Balaban J connectivity index is 1.75. The second-order valence-corrected chi connectivity index (χ2v) is 6.92. The Morgan fingerprint density at radius 2 is 1.89 bits per heavy atom. The van der Waals surface area contributed by atoms with Gasteiger partial charge in [0.1, 0.15) is 23.0 Å². The van der Waals surface area contributed by atoms with E-state index in [-0.39, 0.29) is 47.4 Å². The summed E-state index contributed by atoms with van der Waals surface area (Å²) in [6.07, 6.45) is 6.43. The van der Waals surface area contributed by atoms with E-state index in [0.717, 1.165) is 19.3 Å². The van der Waals surface area contributed by atoms with Crippen LogP contribution in [0.3, 0.4) is 0 Å². The highest BCUT2D eigenvalue weighted by Gasteiger charge is 2.31. The summed E-state index contributed by atoms with van der Waals surface area (Å²) in [5, 5.41) is 9.50. The molecule has 2 aromatic rings. The Kier molecular flexibility index (Phi) is 5.36. The van der Waals surface area contributed by atoms with Gasteiger partial charge in [-0.15, -0.1) is 0 Å². The molecule has 0 aliphatic carbocycles. The van der Waals surface area contributed by atoms with E-state index in [2.05, 4.69) is 0 Å². The zero-order chi connectivity index (χ0) is 19.6. The lowest BCUT2D eigenvalue weighted by Crippen LogP contribution is -2.49. The first-order valence-electron chi connectivity index (χ1n) is 9.09. The first kappa shape index (κ1) is 18.8. The molecule has 7 heteroatoms. The van der Waals surface area contributed by atoms with Crippen molar-refractivity contribution in [2.24, 2.45) is 0 Å². The topological polar surface area (TPSA) is 88.5 Å². The predicted octanol–water partition coefficient (Wildman–Crippen LogP) is 3.20. The fraction of sp³-hybridized carbons (Fsp3) is 0.450. The van der Waals surface area contributed by atoms with E-state index < -0.39 is 5.97 Å². The van der Waals surface area contributed by atoms with Gasteiger partial charge in [0.2, 0.25) is 5.88 Å². The summed E-state index contributed by atoms with van der Waals surface area (Å²) >= 11 is 0. The number of ether oxygens (including phenoxy) is 1. The van der Waals surface area contributed by atoms with Crippen molar-refractivity contribution in [2.75, 3.05) is 6.61 Å². The third-order valence-corrected chi connectivity index (χ3v) is 5.03. The maximum atomic E-state index is 12.6. The van der Waals surface area contributed by atoms with E-state index in [0.29, 0.717) is 0 Å². The van der Waals surface area contributed by atoms with Gasteiger partial charge in [0.25, 0.3) is 5.91 Å². The van der Waals surface area contributed by atoms with Crippen LogP contribution in [-0.4, -0.2) is 40.0 Å². The molecular formula is C20H23N3O4. The summed E-state index contributed by atoms with van der Waals surface area (Å²) in [5.41, 5.74) is 0.162. The molecule has 0 aromatic carbocycles. The average molecular weight is 369 g/mol. The molecule has 3 rings (SSSR count). The molecule has 1 aliphatic heterocycles. The van der Waals surface area contributed by atoms with E-state index in [9.17, 15) is 14.9 Å². The quantitative estimate of drug-likeness (QED) is 0.772. The Morgan fingerprint density at radius 1 is 1.26 bits per heavy atom. The van der Waals surface area contributed by atoms with Crippen molar-refractivity contribution in [2.45, 2.75) is 52.1 Å². The lowest BCUT2D eigenvalue weighted by Gasteiger charge is -2.38. The van der Waals surface area contributed by atoms with Crippen LogP contribution in [0.4, 0.5) is 0 Å². The van der Waals surface area contributed by atoms with Crippen LogP contribution < -0.4 is 0 Å². The number of hydrogen-bond donors (Lipinski definition) is 0. The number of furan rings is 1. The van der Waals surface area contributed by atoms with E-state index in [1.807, 2.05) is 19.9 Å². The highest BCUT2D eigenvalue weighted by Crippen LogP contribution is 2.26. The number of rotatable bonds is 4. The number of carbonyl (C=O) groups is 2. The minimum atomic E-state index is -0.725. The van der Waals surface area contributed by atoms with Crippen LogP contribution in [0.2, 0.25) is 0 Å². The van der Waals surface area contributed by atoms with Crippen molar-refractivity contribution in [3.8, 4) is 12.0 Å². The zero-order valence-corrected chi connectivity index (χ0v) is 15.8. The van der Waals surface area contributed by atoms with Crippen LogP contribution in [0.5, 0.6) is 0 Å². The van der Waals surface area contributed by atoms with Gasteiger partial charge in [0, 0.05) is 24.5 Å². The van der Waals surface area contributed by atoms with Crippen LogP contribution in [0.25, 0.3) is 5.88 Å². The Hall–Kier alpha value is -3.01. The summed E-state index contributed by atoms with van der Waals surface area (Å²) in [5.74, 6) is -0.394. The lowest BCUT2D eigenvalue weighted by atomic mass is 9.97. The smallest absolute Gasteiger partial charge is 0.343 e. The summed E-state index contributed by atoms with van der Waals surface area (Å²) in [4.78, 5) is 26.9. The molecule has 0 spiro atoms. The number of hydrogen-bond acceptors (Lipinski definition) is 5. The first-order valence-corrected chi connectivity index (χ1v) is 9.09. The fourth-order valence-electron chi connectivity index (χ4n) is 3.72. The Bertz CT molecular complexity index is 866. The van der Waals surface area contributed by atoms with Gasteiger partial charge < -0.3 is 14.1 Å². The van der Waals surface area contributed by atoms with Gasteiger partial charge in [0.15, 0.2) is 6.61 Å². The lowest BCUT2D eigenvalue weighted by molar-refractivity contribution is -0.140. The molecular weight excluding hydrogens is 346 g/mol. The third kappa shape index (κ3) is 3.61. The highest BCUT2D eigenvalue weighted by molar-refractivity contribution is 5.95. The molecule has 1 amide bonds. The number of likely N-dealkylation sites (tertiary alicyclic amines) is 1. The normalized spacial score (nSPS) is 19.6. The highest BCUT2D eigenvalue weighted by atomic mass is 16.5. The minimum Gasteiger partial charge on any atom is -0.452 e. The van der Waals surface area contributed by atoms with Crippen molar-refractivity contribution < 1.29 is 18.7 Å².